The van der Waals surface area contributed by atoms with Crippen LogP contribution in [0.5, 0.6) is 0 Å². The van der Waals surface area contributed by atoms with E-state index in [1.54, 1.807) is 7.05 Å². The van der Waals surface area contributed by atoms with Gasteiger partial charge in [0.05, 0.1) is 5.69 Å². The highest BCUT2D eigenvalue weighted by molar-refractivity contribution is 14.0. The number of aliphatic imine (C=N–C) groups is 1. The average molecular weight is 359 g/mol. The largest absolute Gasteiger partial charge is 0.359 e. The summed E-state index contributed by atoms with van der Waals surface area (Å²) in [5, 5.41) is 6.18. The van der Waals surface area contributed by atoms with E-state index in [9.17, 15) is 0 Å². The van der Waals surface area contributed by atoms with Crippen molar-refractivity contribution in [2.24, 2.45) is 4.99 Å². The van der Waals surface area contributed by atoms with Crippen LogP contribution in [0.25, 0.3) is 5.65 Å². The summed E-state index contributed by atoms with van der Waals surface area (Å²) in [5.41, 5.74) is 2.07. The zero-order valence-electron chi connectivity index (χ0n) is 10.6. The third-order valence-electron chi connectivity index (χ3n) is 2.55. The summed E-state index contributed by atoms with van der Waals surface area (Å²) >= 11 is 0. The molecule has 2 heterocycles. The third kappa shape index (κ3) is 3.59. The molecule has 5 nitrogen and oxygen atoms in total. The molecule has 0 amide bonds. The fourth-order valence-corrected chi connectivity index (χ4v) is 1.70. The normalized spacial score (nSPS) is 11.1. The van der Waals surface area contributed by atoms with Crippen LogP contribution in [0, 0.1) is 0 Å². The van der Waals surface area contributed by atoms with Gasteiger partial charge in [0.1, 0.15) is 5.65 Å². The summed E-state index contributed by atoms with van der Waals surface area (Å²) in [4.78, 5) is 8.57. The van der Waals surface area contributed by atoms with Gasteiger partial charge >= 0.3 is 0 Å². The Morgan fingerprint density at radius 1 is 1.44 bits per heavy atom. The highest BCUT2D eigenvalue weighted by Gasteiger charge is 2.00. The van der Waals surface area contributed by atoms with Crippen LogP contribution in [0.1, 0.15) is 5.69 Å². The summed E-state index contributed by atoms with van der Waals surface area (Å²) in [6.45, 7) is 0.817. The molecule has 0 saturated heterocycles. The Bertz CT molecular complexity index is 487. The van der Waals surface area contributed by atoms with Gasteiger partial charge in [0.25, 0.3) is 0 Å². The Kier molecular flexibility index (Phi) is 5.90. The molecule has 0 aliphatic heterocycles. The molecule has 0 spiro atoms. The minimum Gasteiger partial charge on any atom is -0.359 e. The monoisotopic (exact) mass is 359 g/mol. The lowest BCUT2D eigenvalue weighted by atomic mass is 10.3. The second-order valence-corrected chi connectivity index (χ2v) is 3.70. The van der Waals surface area contributed by atoms with Gasteiger partial charge in [-0.05, 0) is 12.1 Å². The maximum Gasteiger partial charge on any atom is 0.190 e. The van der Waals surface area contributed by atoms with E-state index in [0.717, 1.165) is 30.3 Å². The molecule has 0 bridgehead atoms. The summed E-state index contributed by atoms with van der Waals surface area (Å²) in [6, 6.07) is 6.00. The number of hydrogen-bond acceptors (Lipinski definition) is 2. The zero-order chi connectivity index (χ0) is 12.1. The molecule has 0 aromatic carbocycles. The van der Waals surface area contributed by atoms with E-state index in [1.807, 2.05) is 35.8 Å². The van der Waals surface area contributed by atoms with Crippen molar-refractivity contribution in [3.05, 3.63) is 36.3 Å². The number of aromatic nitrogens is 2. The highest BCUT2D eigenvalue weighted by atomic mass is 127. The Morgan fingerprint density at radius 3 is 2.94 bits per heavy atom. The standard InChI is InChI=1S/C12H17N5.HI/c1-13-12(14-2)15-7-6-10-9-17-8-4-3-5-11(17)16-10;/h3-5,8-9H,6-7H2,1-2H3,(H2,13,14,15);1H. The third-order valence-corrected chi connectivity index (χ3v) is 2.55. The van der Waals surface area contributed by atoms with Crippen LogP contribution in [-0.4, -0.2) is 36.0 Å². The molecule has 2 N–H and O–H groups in total. The smallest absolute Gasteiger partial charge is 0.190 e. The number of imidazole rings is 1. The first-order chi connectivity index (χ1) is 8.33. The van der Waals surface area contributed by atoms with Gasteiger partial charge < -0.3 is 15.0 Å². The van der Waals surface area contributed by atoms with Crippen molar-refractivity contribution < 1.29 is 0 Å². The molecule has 0 radical (unpaired) electrons. The molecule has 0 saturated carbocycles. The molecule has 0 fully saturated rings. The molecule has 0 aliphatic rings. The molecule has 2 aromatic rings. The molecular weight excluding hydrogens is 341 g/mol. The highest BCUT2D eigenvalue weighted by Crippen LogP contribution is 2.04. The predicted molar refractivity (Wildman–Crippen MR) is 84.7 cm³/mol. The van der Waals surface area contributed by atoms with Gasteiger partial charge in [-0.25, -0.2) is 4.98 Å². The fraction of sp³-hybridized carbons (Fsp3) is 0.333. The second kappa shape index (κ2) is 7.20. The first-order valence-electron chi connectivity index (χ1n) is 5.64. The average Bonchev–Trinajstić information content (AvgIpc) is 2.77. The van der Waals surface area contributed by atoms with E-state index < -0.39 is 0 Å². The van der Waals surface area contributed by atoms with Crippen LogP contribution in [0.4, 0.5) is 0 Å². The van der Waals surface area contributed by atoms with Crippen LogP contribution < -0.4 is 10.6 Å². The minimum absolute atomic E-state index is 0. The number of rotatable bonds is 3. The zero-order valence-corrected chi connectivity index (χ0v) is 12.9. The van der Waals surface area contributed by atoms with E-state index in [4.69, 9.17) is 0 Å². The van der Waals surface area contributed by atoms with Crippen LogP contribution in [0.15, 0.2) is 35.6 Å². The molecular formula is C12H18IN5. The van der Waals surface area contributed by atoms with Crippen molar-refractivity contribution in [2.45, 2.75) is 6.42 Å². The molecule has 0 atom stereocenters. The van der Waals surface area contributed by atoms with Crippen molar-refractivity contribution in [3.63, 3.8) is 0 Å². The molecule has 18 heavy (non-hydrogen) atoms. The predicted octanol–water partition coefficient (Wildman–Crippen LogP) is 1.29. The molecule has 0 unspecified atom stereocenters. The molecule has 2 rings (SSSR count). The summed E-state index contributed by atoms with van der Waals surface area (Å²) in [7, 11) is 3.60. The van der Waals surface area contributed by atoms with Gasteiger partial charge in [-0.1, -0.05) is 6.07 Å². The SMILES string of the molecule is CN=C(NC)NCCc1cn2ccccc2n1.I. The van der Waals surface area contributed by atoms with E-state index >= 15 is 0 Å². The van der Waals surface area contributed by atoms with Gasteiger partial charge in [-0.15, -0.1) is 24.0 Å². The van der Waals surface area contributed by atoms with Gasteiger partial charge in [-0.3, -0.25) is 4.99 Å². The summed E-state index contributed by atoms with van der Waals surface area (Å²) < 4.78 is 2.03. The Labute approximate surface area is 124 Å². The quantitative estimate of drug-likeness (QED) is 0.493. The van der Waals surface area contributed by atoms with Gasteiger partial charge in [0.2, 0.25) is 0 Å². The van der Waals surface area contributed by atoms with E-state index in [0.29, 0.717) is 0 Å². The van der Waals surface area contributed by atoms with Crippen molar-refractivity contribution in [3.8, 4) is 0 Å². The number of nitrogens with one attached hydrogen (secondary N) is 2. The molecule has 98 valence electrons. The molecule has 2 aromatic heterocycles. The molecule has 6 heteroatoms. The van der Waals surface area contributed by atoms with Crippen LogP contribution in [0.3, 0.4) is 0 Å². The Morgan fingerprint density at radius 2 is 2.28 bits per heavy atom. The maximum absolute atomic E-state index is 4.52. The first kappa shape index (κ1) is 14.7. The second-order valence-electron chi connectivity index (χ2n) is 3.70. The van der Waals surface area contributed by atoms with Crippen LogP contribution in [-0.2, 0) is 6.42 Å². The van der Waals surface area contributed by atoms with Gasteiger partial charge in [0, 0.05) is 39.5 Å². The Hall–Kier alpha value is -1.31. The van der Waals surface area contributed by atoms with E-state index in [-0.39, 0.29) is 24.0 Å². The number of guanidine groups is 1. The fourth-order valence-electron chi connectivity index (χ4n) is 1.70. The number of nitrogens with zero attached hydrogens (tertiary/aromatic N) is 3. The van der Waals surface area contributed by atoms with Gasteiger partial charge in [-0.2, -0.15) is 0 Å². The first-order valence-corrected chi connectivity index (χ1v) is 5.64. The topological polar surface area (TPSA) is 53.7 Å². The minimum atomic E-state index is 0. The summed E-state index contributed by atoms with van der Waals surface area (Å²) in [6.07, 6.45) is 4.94. The lowest BCUT2D eigenvalue weighted by Crippen LogP contribution is -2.35. The molecule has 0 aliphatic carbocycles. The van der Waals surface area contributed by atoms with Crippen molar-refractivity contribution in [2.75, 3.05) is 20.6 Å². The van der Waals surface area contributed by atoms with Crippen molar-refractivity contribution in [1.82, 2.24) is 20.0 Å². The van der Waals surface area contributed by atoms with Crippen molar-refractivity contribution in [1.29, 1.82) is 0 Å². The van der Waals surface area contributed by atoms with Crippen LogP contribution >= 0.6 is 24.0 Å². The van der Waals surface area contributed by atoms with Crippen LogP contribution in [0.2, 0.25) is 0 Å². The lowest BCUT2D eigenvalue weighted by molar-refractivity contribution is 0.821. The Balaban J connectivity index is 0.00000162. The maximum atomic E-state index is 4.52. The lowest BCUT2D eigenvalue weighted by Gasteiger charge is -2.06. The number of fused-ring (bicyclic) bond motifs is 1. The summed E-state index contributed by atoms with van der Waals surface area (Å²) in [5.74, 6) is 0.800. The van der Waals surface area contributed by atoms with E-state index in [1.165, 1.54) is 0 Å². The number of halogens is 1. The van der Waals surface area contributed by atoms with E-state index in [2.05, 4.69) is 26.8 Å². The van der Waals surface area contributed by atoms with Gasteiger partial charge in [0.15, 0.2) is 5.96 Å². The van der Waals surface area contributed by atoms with Crippen molar-refractivity contribution >= 4 is 35.6 Å². The number of hydrogen-bond donors (Lipinski definition) is 2. The number of pyridine rings is 1.